The van der Waals surface area contributed by atoms with Gasteiger partial charge >= 0.3 is 0 Å². The summed E-state index contributed by atoms with van der Waals surface area (Å²) in [7, 11) is 0. The van der Waals surface area contributed by atoms with E-state index in [-0.39, 0.29) is 0 Å². The highest BCUT2D eigenvalue weighted by Gasteiger charge is 2.17. The number of nitrogens with zero attached hydrogens (tertiary/aromatic N) is 3. The third kappa shape index (κ3) is 2.84. The molecule has 0 saturated heterocycles. The van der Waals surface area contributed by atoms with Gasteiger partial charge in [-0.15, -0.1) is 11.6 Å². The molecule has 0 atom stereocenters. The number of imidazole rings is 1. The number of halogens is 4. The highest BCUT2D eigenvalue weighted by Crippen LogP contribution is 2.33. The Morgan fingerprint density at radius 3 is 2.57 bits per heavy atom. The van der Waals surface area contributed by atoms with Crippen molar-refractivity contribution in [2.45, 2.75) is 6.42 Å². The number of alkyl halides is 1. The number of para-hydroxylation sites is 1. The van der Waals surface area contributed by atoms with E-state index in [0.717, 1.165) is 31.6 Å². The van der Waals surface area contributed by atoms with E-state index < -0.39 is 0 Å². The highest BCUT2D eigenvalue weighted by atomic mass is 79.9. The number of aryl methyl sites for hydroxylation is 1. The van der Waals surface area contributed by atoms with Crippen LogP contribution in [0.2, 0.25) is 5.02 Å². The summed E-state index contributed by atoms with van der Waals surface area (Å²) in [6.45, 7) is 0. The summed E-state index contributed by atoms with van der Waals surface area (Å²) in [5, 5.41) is 0.566. The molecule has 0 aliphatic heterocycles. The SMILES string of the molecule is ClCCc1nc2cc(Cl)cnc2n1-c1c(Br)cccc1Br. The van der Waals surface area contributed by atoms with E-state index in [4.69, 9.17) is 23.2 Å². The molecule has 108 valence electrons. The van der Waals surface area contributed by atoms with Crippen molar-refractivity contribution in [3.63, 3.8) is 0 Å². The zero-order chi connectivity index (χ0) is 15.0. The topological polar surface area (TPSA) is 30.7 Å². The molecule has 3 nitrogen and oxygen atoms in total. The summed E-state index contributed by atoms with van der Waals surface area (Å²) in [5.41, 5.74) is 2.47. The van der Waals surface area contributed by atoms with Gasteiger partial charge in [0.25, 0.3) is 0 Å². The molecule has 0 bridgehead atoms. The van der Waals surface area contributed by atoms with Gasteiger partial charge in [-0.1, -0.05) is 17.7 Å². The van der Waals surface area contributed by atoms with E-state index in [1.807, 2.05) is 28.8 Å². The molecular weight excluding hydrogens is 441 g/mol. The van der Waals surface area contributed by atoms with Gasteiger partial charge in [-0.05, 0) is 50.1 Å². The summed E-state index contributed by atoms with van der Waals surface area (Å²) >= 11 is 19.1. The molecule has 0 spiro atoms. The van der Waals surface area contributed by atoms with E-state index >= 15 is 0 Å². The zero-order valence-electron chi connectivity index (χ0n) is 10.7. The van der Waals surface area contributed by atoms with Crippen molar-refractivity contribution >= 4 is 66.2 Å². The second-order valence-corrected chi connectivity index (χ2v) is 6.89. The van der Waals surface area contributed by atoms with Crippen LogP contribution in [0.25, 0.3) is 16.9 Å². The lowest BCUT2D eigenvalue weighted by atomic mass is 10.3. The summed E-state index contributed by atoms with van der Waals surface area (Å²) in [6, 6.07) is 7.73. The minimum Gasteiger partial charge on any atom is -0.278 e. The maximum atomic E-state index is 6.01. The maximum absolute atomic E-state index is 6.01. The van der Waals surface area contributed by atoms with Gasteiger partial charge in [-0.2, -0.15) is 0 Å². The first-order valence-corrected chi connectivity index (χ1v) is 8.65. The average Bonchev–Trinajstić information content (AvgIpc) is 2.77. The Bertz CT molecular complexity index is 797. The molecule has 0 radical (unpaired) electrons. The standard InChI is InChI=1S/C14H9Br2Cl2N3/c15-9-2-1-3-10(16)13(9)21-12(4-5-17)20-11-6-8(18)7-19-14(11)21/h1-3,6-7H,4-5H2. The van der Waals surface area contributed by atoms with Crippen LogP contribution in [0, 0.1) is 0 Å². The maximum Gasteiger partial charge on any atom is 0.164 e. The first-order chi connectivity index (χ1) is 10.1. The highest BCUT2D eigenvalue weighted by molar-refractivity contribution is 9.11. The third-order valence-corrected chi connectivity index (χ3v) is 4.69. The van der Waals surface area contributed by atoms with Crippen LogP contribution < -0.4 is 0 Å². The third-order valence-electron chi connectivity index (χ3n) is 3.01. The van der Waals surface area contributed by atoms with Gasteiger partial charge in [0, 0.05) is 27.4 Å². The van der Waals surface area contributed by atoms with Crippen molar-refractivity contribution in [3.8, 4) is 5.69 Å². The van der Waals surface area contributed by atoms with Crippen molar-refractivity contribution < 1.29 is 0 Å². The number of hydrogen-bond donors (Lipinski definition) is 0. The van der Waals surface area contributed by atoms with E-state index in [1.54, 1.807) is 6.20 Å². The van der Waals surface area contributed by atoms with Crippen molar-refractivity contribution in [1.82, 2.24) is 14.5 Å². The molecule has 21 heavy (non-hydrogen) atoms. The molecule has 3 rings (SSSR count). The predicted octanol–water partition coefficient (Wildman–Crippen LogP) is 5.38. The fourth-order valence-corrected chi connectivity index (χ4v) is 3.85. The van der Waals surface area contributed by atoms with Crippen LogP contribution in [0.4, 0.5) is 0 Å². The van der Waals surface area contributed by atoms with Crippen molar-refractivity contribution in [1.29, 1.82) is 0 Å². The summed E-state index contributed by atoms with van der Waals surface area (Å²) in [6.07, 6.45) is 2.26. The number of benzene rings is 1. The fourth-order valence-electron chi connectivity index (χ4n) is 2.18. The van der Waals surface area contributed by atoms with Gasteiger partial charge in [0.15, 0.2) is 5.65 Å². The first-order valence-electron chi connectivity index (χ1n) is 6.15. The minimum atomic E-state index is 0.485. The quantitative estimate of drug-likeness (QED) is 0.502. The van der Waals surface area contributed by atoms with Gasteiger partial charge < -0.3 is 0 Å². The smallest absolute Gasteiger partial charge is 0.164 e. The Labute approximate surface area is 148 Å². The second-order valence-electron chi connectivity index (χ2n) is 4.37. The van der Waals surface area contributed by atoms with Crippen LogP contribution in [0.3, 0.4) is 0 Å². The molecule has 2 heterocycles. The van der Waals surface area contributed by atoms with Crippen molar-refractivity contribution in [2.24, 2.45) is 0 Å². The van der Waals surface area contributed by atoms with E-state index in [0.29, 0.717) is 17.3 Å². The van der Waals surface area contributed by atoms with Gasteiger partial charge in [0.05, 0.1) is 10.7 Å². The van der Waals surface area contributed by atoms with Crippen LogP contribution in [0.5, 0.6) is 0 Å². The molecule has 0 fully saturated rings. The molecule has 0 N–H and O–H groups in total. The van der Waals surface area contributed by atoms with Gasteiger partial charge in [0.1, 0.15) is 11.3 Å². The Balaban J connectivity index is 2.36. The summed E-state index contributed by atoms with van der Waals surface area (Å²) in [5.74, 6) is 1.33. The molecule has 0 amide bonds. The molecular formula is C14H9Br2Cl2N3. The molecule has 0 aliphatic carbocycles. The van der Waals surface area contributed by atoms with Crippen LogP contribution >= 0.6 is 55.1 Å². The van der Waals surface area contributed by atoms with E-state index in [9.17, 15) is 0 Å². The number of rotatable bonds is 3. The van der Waals surface area contributed by atoms with E-state index in [1.165, 1.54) is 0 Å². The molecule has 0 unspecified atom stereocenters. The molecule has 1 aromatic carbocycles. The van der Waals surface area contributed by atoms with Gasteiger partial charge in [-0.25, -0.2) is 9.97 Å². The first kappa shape index (κ1) is 15.3. The number of aromatic nitrogens is 3. The Kier molecular flexibility index (Phi) is 4.54. The number of pyridine rings is 1. The van der Waals surface area contributed by atoms with Crippen molar-refractivity contribution in [3.05, 3.63) is 50.3 Å². The number of fused-ring (bicyclic) bond motifs is 1. The summed E-state index contributed by atoms with van der Waals surface area (Å²) in [4.78, 5) is 9.04. The Morgan fingerprint density at radius 1 is 1.19 bits per heavy atom. The lowest BCUT2D eigenvalue weighted by Crippen LogP contribution is -2.04. The van der Waals surface area contributed by atoms with Crippen LogP contribution in [0.1, 0.15) is 5.82 Å². The molecule has 0 aliphatic rings. The monoisotopic (exact) mass is 447 g/mol. The molecule has 2 aromatic heterocycles. The van der Waals surface area contributed by atoms with Gasteiger partial charge in [0.2, 0.25) is 0 Å². The Morgan fingerprint density at radius 2 is 1.90 bits per heavy atom. The predicted molar refractivity (Wildman–Crippen MR) is 93.7 cm³/mol. The Hall–Kier alpha value is -0.620. The normalized spacial score (nSPS) is 11.2. The van der Waals surface area contributed by atoms with Crippen LogP contribution in [-0.2, 0) is 6.42 Å². The van der Waals surface area contributed by atoms with Gasteiger partial charge in [-0.3, -0.25) is 4.57 Å². The molecule has 3 aromatic rings. The average molecular weight is 450 g/mol. The summed E-state index contributed by atoms with van der Waals surface area (Å²) < 4.78 is 3.90. The largest absolute Gasteiger partial charge is 0.278 e. The van der Waals surface area contributed by atoms with E-state index in [2.05, 4.69) is 41.8 Å². The molecule has 7 heteroatoms. The number of hydrogen-bond acceptors (Lipinski definition) is 2. The second kappa shape index (κ2) is 6.24. The minimum absolute atomic E-state index is 0.485. The lowest BCUT2D eigenvalue weighted by Gasteiger charge is -2.12. The molecule has 0 saturated carbocycles. The lowest BCUT2D eigenvalue weighted by molar-refractivity contribution is 0.899. The van der Waals surface area contributed by atoms with Crippen LogP contribution in [0.15, 0.2) is 39.4 Å². The van der Waals surface area contributed by atoms with Crippen molar-refractivity contribution in [2.75, 3.05) is 5.88 Å². The van der Waals surface area contributed by atoms with Crippen LogP contribution in [-0.4, -0.2) is 20.4 Å². The fraction of sp³-hybridized carbons (Fsp3) is 0.143. The zero-order valence-corrected chi connectivity index (χ0v) is 15.3.